The summed E-state index contributed by atoms with van der Waals surface area (Å²) in [5.74, 6) is 0.222. The Morgan fingerprint density at radius 2 is 2.19 bits per heavy atom. The Hall–Kier alpha value is -0.870. The molecule has 0 atom stereocenters. The van der Waals surface area contributed by atoms with Crippen LogP contribution in [0.5, 0.6) is 0 Å². The molecule has 4 heteroatoms. The van der Waals surface area contributed by atoms with E-state index in [4.69, 9.17) is 5.73 Å². The lowest BCUT2D eigenvalue weighted by atomic mass is 9.95. The maximum Gasteiger partial charge on any atom is 0.168 e. The van der Waals surface area contributed by atoms with Gasteiger partial charge in [-0.3, -0.25) is 4.79 Å². The number of ketones is 1. The number of likely N-dealkylation sites (N-methyl/N-ethyl adjacent to an activating group) is 1. The number of anilines is 1. The quantitative estimate of drug-likeness (QED) is 0.803. The molecule has 88 valence electrons. The van der Waals surface area contributed by atoms with Gasteiger partial charge in [-0.1, -0.05) is 13.8 Å². The van der Waals surface area contributed by atoms with Gasteiger partial charge < -0.3 is 10.6 Å². The topological polar surface area (TPSA) is 46.3 Å². The number of carbonyl (C=O) groups is 1. The number of rotatable bonds is 2. The number of Topliss-reactive ketones (excluding diaryl/α,β-unsaturated/α-hetero) is 1. The Bertz CT molecular complexity index is 423. The van der Waals surface area contributed by atoms with Crippen molar-refractivity contribution >= 4 is 22.1 Å². The van der Waals surface area contributed by atoms with Gasteiger partial charge in [0.2, 0.25) is 0 Å². The third kappa shape index (κ3) is 1.87. The Kier molecular flexibility index (Phi) is 3.04. The van der Waals surface area contributed by atoms with Crippen LogP contribution >= 0.6 is 11.3 Å². The summed E-state index contributed by atoms with van der Waals surface area (Å²) in [4.78, 5) is 15.6. The van der Waals surface area contributed by atoms with Crippen molar-refractivity contribution in [3.8, 4) is 0 Å². The van der Waals surface area contributed by atoms with Crippen LogP contribution in [0.4, 0.5) is 5.00 Å². The fraction of sp³-hybridized carbons (Fsp3) is 0.583. The van der Waals surface area contributed by atoms with Crippen LogP contribution in [-0.4, -0.2) is 24.3 Å². The number of thiophene rings is 1. The maximum atomic E-state index is 12.1. The van der Waals surface area contributed by atoms with Gasteiger partial charge in [-0.05, 0) is 19.0 Å². The van der Waals surface area contributed by atoms with Crippen LogP contribution in [0.25, 0.3) is 0 Å². The fourth-order valence-electron chi connectivity index (χ4n) is 2.11. The number of hydrogen-bond donors (Lipinski definition) is 1. The molecule has 0 saturated heterocycles. The Morgan fingerprint density at radius 3 is 2.81 bits per heavy atom. The summed E-state index contributed by atoms with van der Waals surface area (Å²) in [6, 6.07) is 0. The van der Waals surface area contributed by atoms with Gasteiger partial charge in [0.15, 0.2) is 5.78 Å². The zero-order valence-electron chi connectivity index (χ0n) is 10.0. The molecule has 2 N–H and O–H groups in total. The molecule has 0 saturated carbocycles. The van der Waals surface area contributed by atoms with Crippen molar-refractivity contribution in [1.82, 2.24) is 4.90 Å². The summed E-state index contributed by atoms with van der Waals surface area (Å²) in [7, 11) is 2.10. The summed E-state index contributed by atoms with van der Waals surface area (Å²) >= 11 is 1.58. The van der Waals surface area contributed by atoms with Gasteiger partial charge in [0.25, 0.3) is 0 Å². The average Bonchev–Trinajstić information content (AvgIpc) is 2.51. The summed E-state index contributed by atoms with van der Waals surface area (Å²) in [5.41, 5.74) is 8.00. The van der Waals surface area contributed by atoms with E-state index >= 15 is 0 Å². The van der Waals surface area contributed by atoms with E-state index in [1.165, 1.54) is 10.4 Å². The summed E-state index contributed by atoms with van der Waals surface area (Å²) in [6.07, 6.45) is 0.952. The van der Waals surface area contributed by atoms with E-state index in [0.29, 0.717) is 5.00 Å². The molecule has 1 aliphatic heterocycles. The molecule has 1 aromatic rings. The highest BCUT2D eigenvalue weighted by atomic mass is 32.1. The summed E-state index contributed by atoms with van der Waals surface area (Å²) in [5, 5.41) is 0.707. The normalized spacial score (nSPS) is 16.5. The second-order valence-corrected chi connectivity index (χ2v) is 5.89. The van der Waals surface area contributed by atoms with Crippen molar-refractivity contribution in [1.29, 1.82) is 0 Å². The van der Waals surface area contributed by atoms with Gasteiger partial charge in [-0.2, -0.15) is 0 Å². The summed E-state index contributed by atoms with van der Waals surface area (Å²) < 4.78 is 0. The van der Waals surface area contributed by atoms with Gasteiger partial charge in [-0.15, -0.1) is 11.3 Å². The monoisotopic (exact) mass is 238 g/mol. The lowest BCUT2D eigenvalue weighted by Gasteiger charge is -2.22. The SMILES string of the molecule is CC(C)C(=O)c1c(N)sc2c1CCN(C)C2. The van der Waals surface area contributed by atoms with Crippen LogP contribution in [0.2, 0.25) is 0 Å². The molecule has 2 heterocycles. The third-order valence-electron chi connectivity index (χ3n) is 3.05. The first kappa shape index (κ1) is 11.6. The third-order valence-corrected chi connectivity index (χ3v) is 4.09. The van der Waals surface area contributed by atoms with Gasteiger partial charge in [0, 0.05) is 23.9 Å². The minimum atomic E-state index is 0.0284. The average molecular weight is 238 g/mol. The number of nitrogens with two attached hydrogens (primary N) is 1. The van der Waals surface area contributed by atoms with Gasteiger partial charge in [-0.25, -0.2) is 0 Å². The molecule has 0 aromatic carbocycles. The van der Waals surface area contributed by atoms with Gasteiger partial charge in [0.1, 0.15) is 0 Å². The standard InChI is InChI=1S/C12H18N2OS/c1-7(2)11(15)10-8-4-5-14(3)6-9(8)16-12(10)13/h7H,4-6,13H2,1-3H3. The number of nitrogen functional groups attached to an aromatic ring is 1. The number of hydrogen-bond acceptors (Lipinski definition) is 4. The first-order chi connectivity index (χ1) is 7.50. The lowest BCUT2D eigenvalue weighted by molar-refractivity contribution is 0.0939. The maximum absolute atomic E-state index is 12.1. The molecule has 3 nitrogen and oxygen atoms in total. The van der Waals surface area contributed by atoms with Crippen LogP contribution in [0.3, 0.4) is 0 Å². The molecule has 0 spiro atoms. The van der Waals surface area contributed by atoms with Crippen LogP contribution in [0.1, 0.15) is 34.6 Å². The number of nitrogens with zero attached hydrogens (tertiary/aromatic N) is 1. The molecular formula is C12H18N2OS. The smallest absolute Gasteiger partial charge is 0.168 e. The Labute approximate surface area is 100 Å². The molecule has 0 fully saturated rings. The van der Waals surface area contributed by atoms with Crippen LogP contribution < -0.4 is 5.73 Å². The highest BCUT2D eigenvalue weighted by Crippen LogP contribution is 2.36. The van der Waals surface area contributed by atoms with Crippen LogP contribution in [0.15, 0.2) is 0 Å². The zero-order valence-corrected chi connectivity index (χ0v) is 10.9. The van der Waals surface area contributed by atoms with Crippen molar-refractivity contribution in [2.24, 2.45) is 5.92 Å². The van der Waals surface area contributed by atoms with Crippen LogP contribution in [0, 0.1) is 5.92 Å². The van der Waals surface area contributed by atoms with E-state index < -0.39 is 0 Å². The molecule has 0 bridgehead atoms. The Morgan fingerprint density at radius 1 is 1.50 bits per heavy atom. The molecule has 0 aliphatic carbocycles. The minimum Gasteiger partial charge on any atom is -0.390 e. The molecule has 1 aromatic heterocycles. The molecule has 0 radical (unpaired) electrons. The largest absolute Gasteiger partial charge is 0.390 e. The molecule has 2 rings (SSSR count). The molecule has 1 aliphatic rings. The molecule has 0 amide bonds. The minimum absolute atomic E-state index is 0.0284. The predicted molar refractivity (Wildman–Crippen MR) is 67.9 cm³/mol. The second kappa shape index (κ2) is 4.18. The Balaban J connectivity index is 2.43. The first-order valence-corrected chi connectivity index (χ1v) is 6.45. The van der Waals surface area contributed by atoms with E-state index in [1.54, 1.807) is 11.3 Å². The number of carbonyl (C=O) groups excluding carboxylic acids is 1. The fourth-order valence-corrected chi connectivity index (χ4v) is 3.31. The highest BCUT2D eigenvalue weighted by Gasteiger charge is 2.26. The molecule has 0 unspecified atom stereocenters. The van der Waals surface area contributed by atoms with E-state index in [9.17, 15) is 4.79 Å². The zero-order chi connectivity index (χ0) is 11.9. The lowest BCUT2D eigenvalue weighted by Crippen LogP contribution is -2.26. The van der Waals surface area contributed by atoms with Gasteiger partial charge >= 0.3 is 0 Å². The summed E-state index contributed by atoms with van der Waals surface area (Å²) in [6.45, 7) is 5.80. The van der Waals surface area contributed by atoms with E-state index in [-0.39, 0.29) is 11.7 Å². The number of fused-ring (bicyclic) bond motifs is 1. The van der Waals surface area contributed by atoms with E-state index in [0.717, 1.165) is 25.1 Å². The first-order valence-electron chi connectivity index (χ1n) is 5.63. The van der Waals surface area contributed by atoms with E-state index in [1.807, 2.05) is 13.8 Å². The van der Waals surface area contributed by atoms with Crippen molar-refractivity contribution in [2.45, 2.75) is 26.8 Å². The molecule has 16 heavy (non-hydrogen) atoms. The van der Waals surface area contributed by atoms with Crippen molar-refractivity contribution < 1.29 is 4.79 Å². The predicted octanol–water partition coefficient (Wildman–Crippen LogP) is 2.16. The molecular weight excluding hydrogens is 220 g/mol. The van der Waals surface area contributed by atoms with E-state index in [2.05, 4.69) is 11.9 Å². The second-order valence-electron chi connectivity index (χ2n) is 4.75. The highest BCUT2D eigenvalue weighted by molar-refractivity contribution is 7.16. The van der Waals surface area contributed by atoms with Gasteiger partial charge in [0.05, 0.1) is 10.6 Å². The van der Waals surface area contributed by atoms with Crippen molar-refractivity contribution in [2.75, 3.05) is 19.3 Å². The van der Waals surface area contributed by atoms with Crippen molar-refractivity contribution in [3.63, 3.8) is 0 Å². The van der Waals surface area contributed by atoms with Crippen molar-refractivity contribution in [3.05, 3.63) is 16.0 Å². The van der Waals surface area contributed by atoms with Crippen LogP contribution in [-0.2, 0) is 13.0 Å².